The molecule has 0 unspecified atom stereocenters. The fourth-order valence-electron chi connectivity index (χ4n) is 7.52. The second-order valence-electron chi connectivity index (χ2n) is 14.7. The van der Waals surface area contributed by atoms with E-state index in [-0.39, 0.29) is 24.4 Å². The van der Waals surface area contributed by atoms with Crippen molar-refractivity contribution in [2.24, 2.45) is 15.7 Å². The minimum Gasteiger partial charge on any atom is -0.487 e. The molecule has 14 nitrogen and oxygen atoms in total. The van der Waals surface area contributed by atoms with Crippen molar-refractivity contribution in [2.75, 3.05) is 44.9 Å². The highest BCUT2D eigenvalue weighted by Gasteiger charge is 2.42. The summed E-state index contributed by atoms with van der Waals surface area (Å²) in [6.07, 6.45) is 16.1. The molecule has 4 N–H and O–H groups in total. The number of aliphatic imine (C=N–C) groups is 2. The average molecular weight is 752 g/mol. The van der Waals surface area contributed by atoms with E-state index in [9.17, 15) is 5.11 Å². The number of hydrogen-bond donors (Lipinski definition) is 3. The van der Waals surface area contributed by atoms with E-state index in [0.717, 1.165) is 50.0 Å². The van der Waals surface area contributed by atoms with Gasteiger partial charge >= 0.3 is 0 Å². The molecule has 3 aromatic rings. The van der Waals surface area contributed by atoms with Crippen molar-refractivity contribution in [3.05, 3.63) is 41.8 Å². The molecule has 288 valence electrons. The van der Waals surface area contributed by atoms with Gasteiger partial charge in [-0.15, -0.1) is 5.10 Å². The van der Waals surface area contributed by atoms with Gasteiger partial charge in [0.1, 0.15) is 23.9 Å². The molecule has 2 aliphatic heterocycles. The molecular formula is C38H54ClN9O5. The van der Waals surface area contributed by atoms with Gasteiger partial charge in [0.15, 0.2) is 0 Å². The number of hydrogen-bond acceptors (Lipinski definition) is 11. The van der Waals surface area contributed by atoms with Crippen molar-refractivity contribution in [1.82, 2.24) is 24.6 Å². The fraction of sp³-hybridized carbons (Fsp3) is 0.605. The number of benzene rings is 1. The molecule has 53 heavy (non-hydrogen) atoms. The van der Waals surface area contributed by atoms with Crippen LogP contribution in [0.5, 0.6) is 11.6 Å². The Hall–Kier alpha value is -3.82. The van der Waals surface area contributed by atoms with Gasteiger partial charge in [-0.1, -0.05) is 17.7 Å². The minimum atomic E-state index is -0.388. The lowest BCUT2D eigenvalue weighted by atomic mass is 9.89. The van der Waals surface area contributed by atoms with Crippen LogP contribution in [0.15, 0.2) is 46.8 Å². The van der Waals surface area contributed by atoms with Crippen LogP contribution in [0.3, 0.4) is 0 Å². The van der Waals surface area contributed by atoms with Crippen LogP contribution in [-0.4, -0.2) is 112 Å². The number of nitrogens with zero attached hydrogens (tertiary/aromatic N) is 7. The molecule has 2 aromatic heterocycles. The highest BCUT2D eigenvalue weighted by atomic mass is 35.5. The molecule has 3 aliphatic rings. The fourth-order valence-corrected chi connectivity index (χ4v) is 7.68. The Balaban J connectivity index is 1.11. The number of halogens is 1. The molecule has 2 saturated heterocycles. The van der Waals surface area contributed by atoms with E-state index in [2.05, 4.69) is 34.9 Å². The van der Waals surface area contributed by atoms with E-state index in [1.165, 1.54) is 25.5 Å². The van der Waals surface area contributed by atoms with Crippen molar-refractivity contribution in [1.29, 1.82) is 0 Å². The predicted molar refractivity (Wildman–Crippen MR) is 207 cm³/mol. The molecule has 0 amide bonds. The third-order valence-electron chi connectivity index (χ3n) is 10.3. The summed E-state index contributed by atoms with van der Waals surface area (Å²) in [5.41, 5.74) is 7.25. The van der Waals surface area contributed by atoms with Gasteiger partial charge in [0.05, 0.1) is 62.2 Å². The number of morpholine rings is 1. The van der Waals surface area contributed by atoms with Gasteiger partial charge in [0.25, 0.3) is 5.88 Å². The summed E-state index contributed by atoms with van der Waals surface area (Å²) >= 11 is 6.46. The summed E-state index contributed by atoms with van der Waals surface area (Å²) in [6.45, 7) is 9.05. The second-order valence-corrected chi connectivity index (χ2v) is 15.1. The molecule has 1 aliphatic carbocycles. The molecule has 1 saturated carbocycles. The Morgan fingerprint density at radius 3 is 2.49 bits per heavy atom. The summed E-state index contributed by atoms with van der Waals surface area (Å²) in [5.74, 6) is 1.48. The molecule has 4 heterocycles. The lowest BCUT2D eigenvalue weighted by Crippen LogP contribution is -2.52. The summed E-state index contributed by atoms with van der Waals surface area (Å²) in [4.78, 5) is 20.0. The van der Waals surface area contributed by atoms with Gasteiger partial charge < -0.3 is 35.1 Å². The van der Waals surface area contributed by atoms with Crippen molar-refractivity contribution in [3.8, 4) is 22.8 Å². The third-order valence-corrected chi connectivity index (χ3v) is 10.6. The molecule has 15 heteroatoms. The van der Waals surface area contributed by atoms with Crippen LogP contribution in [0.2, 0.25) is 5.02 Å². The van der Waals surface area contributed by atoms with Gasteiger partial charge in [-0.3, -0.25) is 14.6 Å². The quantitative estimate of drug-likeness (QED) is 0.0815. The van der Waals surface area contributed by atoms with E-state index in [4.69, 9.17) is 41.4 Å². The Morgan fingerprint density at radius 2 is 1.77 bits per heavy atom. The molecule has 6 rings (SSSR count). The van der Waals surface area contributed by atoms with Crippen LogP contribution < -0.4 is 20.5 Å². The first-order valence-electron chi connectivity index (χ1n) is 18.8. The maximum absolute atomic E-state index is 9.32. The highest BCUT2D eigenvalue weighted by Crippen LogP contribution is 2.40. The van der Waals surface area contributed by atoms with Crippen LogP contribution in [0, 0.1) is 0 Å². The zero-order valence-electron chi connectivity index (χ0n) is 31.1. The SMILES string of the molecule is C[C@@H](CN=CN=CN)Oc1cc(-c2cnc(Nc3cn(C4CCC(N5[C@@H]6CC[C@H]5COC6)CC4)nc3OCCCOC(C)(C)CCO)nc2)ccc1Cl. The lowest BCUT2D eigenvalue weighted by Gasteiger charge is -2.43. The van der Waals surface area contributed by atoms with Crippen molar-refractivity contribution >= 4 is 35.9 Å². The van der Waals surface area contributed by atoms with E-state index in [1.54, 1.807) is 18.5 Å². The first kappa shape index (κ1) is 38.9. The third kappa shape index (κ3) is 10.4. The first-order chi connectivity index (χ1) is 25.7. The van der Waals surface area contributed by atoms with Gasteiger partial charge in [-0.25, -0.2) is 15.0 Å². The Bertz CT molecular complexity index is 1650. The number of nitrogens with one attached hydrogen (secondary N) is 1. The number of fused-ring (bicyclic) bond motifs is 2. The second kappa shape index (κ2) is 18.5. The van der Waals surface area contributed by atoms with E-state index in [1.807, 2.05) is 39.1 Å². The van der Waals surface area contributed by atoms with Crippen LogP contribution in [0.1, 0.15) is 78.2 Å². The normalized spacial score (nSPS) is 22.8. The number of aliphatic hydroxyl groups is 1. The monoisotopic (exact) mass is 751 g/mol. The standard InChI is InChI=1S/C38H54ClN9O5/c1-26(18-41-25-42-24-40)53-35-17-27(5-12-33(35)39)28-19-43-37(44-20-28)45-34-21-47(46-36(34)51-15-4-16-52-38(2,3)13-14-49)29-6-8-30(9-7-29)48-31-10-11-32(48)23-50-22-31/h5,12,17,19-21,24-26,29-32,49H,4,6-11,13-16,18,22-23H2,1-3H3,(H2,40,41,42)(H,43,44,45)/t26-,29?,30?,31-,32+/m0/s1. The number of nitrogens with two attached hydrogens (primary N) is 1. The smallest absolute Gasteiger partial charge is 0.256 e. The minimum absolute atomic E-state index is 0.0890. The zero-order valence-corrected chi connectivity index (χ0v) is 31.8. The van der Waals surface area contributed by atoms with Crippen LogP contribution >= 0.6 is 11.6 Å². The number of aliphatic hydroxyl groups excluding tert-OH is 1. The molecule has 0 radical (unpaired) electrons. The molecular weight excluding hydrogens is 698 g/mol. The van der Waals surface area contributed by atoms with Gasteiger partial charge in [-0.2, -0.15) is 0 Å². The predicted octanol–water partition coefficient (Wildman–Crippen LogP) is 5.81. The van der Waals surface area contributed by atoms with Gasteiger partial charge in [0.2, 0.25) is 5.95 Å². The Kier molecular flexibility index (Phi) is 13.6. The number of ether oxygens (including phenoxy) is 4. The zero-order chi connectivity index (χ0) is 37.2. The maximum Gasteiger partial charge on any atom is 0.256 e. The average Bonchev–Trinajstić information content (AvgIpc) is 3.66. The van der Waals surface area contributed by atoms with Crippen LogP contribution in [-0.2, 0) is 9.47 Å². The number of anilines is 2. The summed E-state index contributed by atoms with van der Waals surface area (Å²) in [6, 6.07) is 7.62. The largest absolute Gasteiger partial charge is 0.487 e. The molecule has 3 fully saturated rings. The first-order valence-corrected chi connectivity index (χ1v) is 19.2. The highest BCUT2D eigenvalue weighted by molar-refractivity contribution is 6.32. The number of rotatable bonds is 18. The van der Waals surface area contributed by atoms with E-state index in [0.29, 0.717) is 79.0 Å². The molecule has 1 aromatic carbocycles. The van der Waals surface area contributed by atoms with Crippen molar-refractivity contribution in [3.63, 3.8) is 0 Å². The summed E-state index contributed by atoms with van der Waals surface area (Å²) in [7, 11) is 0. The molecule has 2 bridgehead atoms. The van der Waals surface area contributed by atoms with Crippen molar-refractivity contribution < 1.29 is 24.1 Å². The summed E-state index contributed by atoms with van der Waals surface area (Å²) in [5, 5.41) is 18.1. The number of aromatic nitrogens is 4. The van der Waals surface area contributed by atoms with E-state index >= 15 is 0 Å². The lowest BCUT2D eigenvalue weighted by molar-refractivity contribution is -0.0458. The molecule has 0 spiro atoms. The maximum atomic E-state index is 9.32. The van der Waals surface area contributed by atoms with Crippen LogP contribution in [0.25, 0.3) is 11.1 Å². The van der Waals surface area contributed by atoms with Crippen molar-refractivity contribution in [2.45, 2.75) is 108 Å². The summed E-state index contributed by atoms with van der Waals surface area (Å²) < 4.78 is 26.2. The molecule has 3 atom stereocenters. The van der Waals surface area contributed by atoms with Crippen LogP contribution in [0.4, 0.5) is 11.6 Å². The topological polar surface area (TPSA) is 167 Å². The Morgan fingerprint density at radius 1 is 1.06 bits per heavy atom. The van der Waals surface area contributed by atoms with E-state index < -0.39 is 0 Å². The van der Waals surface area contributed by atoms with Gasteiger partial charge in [0, 0.05) is 49.1 Å². The Labute approximate surface area is 317 Å². The van der Waals surface area contributed by atoms with Gasteiger partial charge in [-0.05, 0) is 83.4 Å².